The monoisotopic (exact) mass is 215 g/mol. The van der Waals surface area contributed by atoms with Crippen molar-refractivity contribution in [2.75, 3.05) is 6.54 Å². The van der Waals surface area contributed by atoms with Gasteiger partial charge < -0.3 is 5.32 Å². The number of hydrogen-bond donors (Lipinski definition) is 1. The molecule has 0 radical (unpaired) electrons. The normalized spacial score (nSPS) is 18.0. The molecule has 1 heterocycles. The molecule has 1 fully saturated rings. The van der Waals surface area contributed by atoms with Crippen LogP contribution in [0, 0.1) is 5.92 Å². The van der Waals surface area contributed by atoms with Crippen LogP contribution in [-0.4, -0.2) is 12.5 Å². The van der Waals surface area contributed by atoms with Crippen molar-refractivity contribution < 1.29 is 4.79 Å². The zero-order valence-electron chi connectivity index (χ0n) is 9.36. The van der Waals surface area contributed by atoms with E-state index in [1.165, 1.54) is 5.56 Å². The van der Waals surface area contributed by atoms with Crippen LogP contribution in [0.3, 0.4) is 0 Å². The van der Waals surface area contributed by atoms with E-state index >= 15 is 0 Å². The van der Waals surface area contributed by atoms with E-state index in [4.69, 9.17) is 0 Å². The fourth-order valence-electron chi connectivity index (χ4n) is 1.43. The highest BCUT2D eigenvalue weighted by atomic mass is 16.2. The molecule has 1 aliphatic rings. The van der Waals surface area contributed by atoms with Crippen LogP contribution in [0.1, 0.15) is 12.0 Å². The predicted octanol–water partition coefficient (Wildman–Crippen LogP) is 2.64. The van der Waals surface area contributed by atoms with E-state index in [9.17, 15) is 4.79 Å². The van der Waals surface area contributed by atoms with E-state index in [1.54, 1.807) is 6.08 Å². The highest BCUT2D eigenvalue weighted by Crippen LogP contribution is 2.08. The lowest BCUT2D eigenvalue weighted by molar-refractivity contribution is -0.121. The largest absolute Gasteiger partial charge is 0.356 e. The topological polar surface area (TPSA) is 29.1 Å². The Hall–Kier alpha value is -1.83. The van der Waals surface area contributed by atoms with Gasteiger partial charge in [0, 0.05) is 6.54 Å². The van der Waals surface area contributed by atoms with Gasteiger partial charge in [0.05, 0.1) is 5.92 Å². The average Bonchev–Trinajstić information content (AvgIpc) is 2.76. The first kappa shape index (κ1) is 12.2. The average molecular weight is 215 g/mol. The van der Waals surface area contributed by atoms with Crippen LogP contribution in [0.2, 0.25) is 0 Å². The van der Waals surface area contributed by atoms with Crippen molar-refractivity contribution in [1.29, 1.82) is 0 Å². The third kappa shape index (κ3) is 3.73. The minimum Gasteiger partial charge on any atom is -0.356 e. The highest BCUT2D eigenvalue weighted by Gasteiger charge is 2.19. The molecule has 0 aliphatic carbocycles. The minimum atomic E-state index is 0.0787. The van der Waals surface area contributed by atoms with Crippen molar-refractivity contribution in [3.63, 3.8) is 0 Å². The second kappa shape index (κ2) is 6.62. The fourth-order valence-corrected chi connectivity index (χ4v) is 1.43. The summed E-state index contributed by atoms with van der Waals surface area (Å²) in [6.07, 6.45) is 4.45. The molecule has 2 rings (SSSR count). The molecule has 1 aromatic carbocycles. The molecule has 84 valence electrons. The Bertz CT molecular complexity index is 356. The summed E-state index contributed by atoms with van der Waals surface area (Å²) in [5.41, 5.74) is 1.17. The van der Waals surface area contributed by atoms with Gasteiger partial charge in [0.1, 0.15) is 0 Å². The van der Waals surface area contributed by atoms with Crippen LogP contribution in [0.15, 0.2) is 49.6 Å². The third-order valence-electron chi connectivity index (χ3n) is 2.41. The number of carbonyl (C=O) groups is 1. The van der Waals surface area contributed by atoms with Crippen molar-refractivity contribution in [1.82, 2.24) is 5.32 Å². The van der Waals surface area contributed by atoms with E-state index in [0.717, 1.165) is 13.0 Å². The van der Waals surface area contributed by atoms with Gasteiger partial charge in [-0.15, -0.1) is 6.58 Å². The number of benzene rings is 1. The molecule has 1 aliphatic heterocycles. The van der Waals surface area contributed by atoms with Crippen LogP contribution >= 0.6 is 0 Å². The van der Waals surface area contributed by atoms with Gasteiger partial charge in [-0.25, -0.2) is 0 Å². The summed E-state index contributed by atoms with van der Waals surface area (Å²) in [4.78, 5) is 10.6. The fraction of sp³-hybridized carbons (Fsp3) is 0.214. The van der Waals surface area contributed by atoms with E-state index in [2.05, 4.69) is 18.5 Å². The molecular weight excluding hydrogens is 198 g/mol. The van der Waals surface area contributed by atoms with Gasteiger partial charge in [0.25, 0.3) is 0 Å². The number of nitrogens with one attached hydrogen (secondary N) is 1. The third-order valence-corrected chi connectivity index (χ3v) is 2.41. The predicted molar refractivity (Wildman–Crippen MR) is 67.8 cm³/mol. The summed E-state index contributed by atoms with van der Waals surface area (Å²) in [7, 11) is 0. The maximum atomic E-state index is 10.6. The zero-order valence-corrected chi connectivity index (χ0v) is 9.36. The molecule has 0 saturated carbocycles. The van der Waals surface area contributed by atoms with Crippen molar-refractivity contribution in [2.24, 2.45) is 5.92 Å². The first-order valence-corrected chi connectivity index (χ1v) is 5.35. The first-order chi connectivity index (χ1) is 7.77. The first-order valence-electron chi connectivity index (χ1n) is 5.35. The Morgan fingerprint density at radius 3 is 2.25 bits per heavy atom. The molecule has 0 aromatic heterocycles. The summed E-state index contributed by atoms with van der Waals surface area (Å²) in [5.74, 6) is 0.204. The second-order valence-electron chi connectivity index (χ2n) is 3.54. The van der Waals surface area contributed by atoms with Crippen molar-refractivity contribution in [2.45, 2.75) is 6.42 Å². The Kier molecular flexibility index (Phi) is 5.06. The molecule has 1 N–H and O–H groups in total. The SMILES string of the molecule is C=CC1CCNC1=O.C=Cc1ccccc1. The van der Waals surface area contributed by atoms with E-state index in [0.29, 0.717) is 0 Å². The van der Waals surface area contributed by atoms with Crippen LogP contribution < -0.4 is 5.32 Å². The Labute approximate surface area is 96.7 Å². The second-order valence-corrected chi connectivity index (χ2v) is 3.54. The molecule has 1 aromatic rings. The Balaban J connectivity index is 0.000000160. The van der Waals surface area contributed by atoms with Crippen LogP contribution in [0.5, 0.6) is 0 Å². The molecule has 0 bridgehead atoms. The van der Waals surface area contributed by atoms with E-state index < -0.39 is 0 Å². The molecular formula is C14H17NO. The molecule has 1 atom stereocenters. The number of rotatable bonds is 2. The minimum absolute atomic E-state index is 0.0787. The molecule has 2 nitrogen and oxygen atoms in total. The molecule has 0 spiro atoms. The van der Waals surface area contributed by atoms with Crippen LogP contribution in [-0.2, 0) is 4.79 Å². The molecule has 1 unspecified atom stereocenters. The number of carbonyl (C=O) groups excluding carboxylic acids is 1. The lowest BCUT2D eigenvalue weighted by Gasteiger charge is -1.93. The lowest BCUT2D eigenvalue weighted by Crippen LogP contribution is -2.17. The smallest absolute Gasteiger partial charge is 0.226 e. The summed E-state index contributed by atoms with van der Waals surface area (Å²) in [6.45, 7) is 7.98. The molecule has 2 heteroatoms. The van der Waals surface area contributed by atoms with Gasteiger partial charge in [-0.1, -0.05) is 49.1 Å². The van der Waals surface area contributed by atoms with Crippen molar-refractivity contribution >= 4 is 12.0 Å². The summed E-state index contributed by atoms with van der Waals surface area (Å²) in [6, 6.07) is 10.0. The Morgan fingerprint density at radius 1 is 1.25 bits per heavy atom. The standard InChI is InChI=1S/C8H8.C6H9NO/c1-2-8-6-4-3-5-7-8;1-2-5-3-4-7-6(5)8/h2-7H,1H2;2,5H,1,3-4H2,(H,7,8). The van der Waals surface area contributed by atoms with Crippen LogP contribution in [0.25, 0.3) is 6.08 Å². The maximum absolute atomic E-state index is 10.6. The zero-order chi connectivity index (χ0) is 11.8. The Morgan fingerprint density at radius 2 is 1.94 bits per heavy atom. The summed E-state index contributed by atoms with van der Waals surface area (Å²) < 4.78 is 0. The van der Waals surface area contributed by atoms with E-state index in [-0.39, 0.29) is 11.8 Å². The van der Waals surface area contributed by atoms with Gasteiger partial charge in [0.15, 0.2) is 0 Å². The van der Waals surface area contributed by atoms with Gasteiger partial charge in [-0.05, 0) is 12.0 Å². The van der Waals surface area contributed by atoms with Crippen molar-refractivity contribution in [3.05, 3.63) is 55.1 Å². The van der Waals surface area contributed by atoms with Gasteiger partial charge in [-0.2, -0.15) is 0 Å². The number of hydrogen-bond acceptors (Lipinski definition) is 1. The van der Waals surface area contributed by atoms with Gasteiger partial charge in [0.2, 0.25) is 5.91 Å². The lowest BCUT2D eigenvalue weighted by atomic mass is 10.1. The van der Waals surface area contributed by atoms with Gasteiger partial charge >= 0.3 is 0 Å². The summed E-state index contributed by atoms with van der Waals surface area (Å²) >= 11 is 0. The maximum Gasteiger partial charge on any atom is 0.226 e. The van der Waals surface area contributed by atoms with Crippen LogP contribution in [0.4, 0.5) is 0 Å². The quantitative estimate of drug-likeness (QED) is 0.755. The molecule has 16 heavy (non-hydrogen) atoms. The molecule has 1 amide bonds. The van der Waals surface area contributed by atoms with E-state index in [1.807, 2.05) is 36.4 Å². The number of amides is 1. The molecule has 1 saturated heterocycles. The van der Waals surface area contributed by atoms with Gasteiger partial charge in [-0.3, -0.25) is 4.79 Å². The highest BCUT2D eigenvalue weighted by molar-refractivity contribution is 5.82. The van der Waals surface area contributed by atoms with Crippen molar-refractivity contribution in [3.8, 4) is 0 Å². The summed E-state index contributed by atoms with van der Waals surface area (Å²) in [5, 5.41) is 2.71.